The molecule has 0 spiro atoms. The minimum Gasteiger partial charge on any atom is -0.256 e. The van der Waals surface area contributed by atoms with Gasteiger partial charge in [0, 0.05) is 42.6 Å². The average Bonchev–Trinajstić information content (AvgIpc) is 2.56. The van der Waals surface area contributed by atoms with Crippen molar-refractivity contribution in [1.82, 2.24) is 9.97 Å². The summed E-state index contributed by atoms with van der Waals surface area (Å²) in [6.07, 6.45) is 3.62. The summed E-state index contributed by atoms with van der Waals surface area (Å²) in [5.74, 6) is 0. The summed E-state index contributed by atoms with van der Waals surface area (Å²) in [6.45, 7) is 0. The van der Waals surface area contributed by atoms with E-state index in [4.69, 9.17) is 0 Å². The van der Waals surface area contributed by atoms with Gasteiger partial charge in [0.05, 0.1) is 11.0 Å². The Kier molecular flexibility index (Phi) is 5.53. The summed E-state index contributed by atoms with van der Waals surface area (Å²) < 4.78 is 0. The number of para-hydroxylation sites is 2. The van der Waals surface area contributed by atoms with Crippen molar-refractivity contribution in [3.8, 4) is 0 Å². The number of nitrogens with zero attached hydrogens (tertiary/aromatic N) is 2. The van der Waals surface area contributed by atoms with Gasteiger partial charge >= 0.3 is 0 Å². The Morgan fingerprint density at radius 2 is 0.857 bits per heavy atom. The molecule has 0 N–H and O–H groups in total. The van der Waals surface area contributed by atoms with E-state index >= 15 is 0 Å². The largest absolute Gasteiger partial charge is 0.256 e. The van der Waals surface area contributed by atoms with E-state index in [0.29, 0.717) is 0 Å². The number of hydrogen-bond acceptors (Lipinski definition) is 2. The molecule has 21 heavy (non-hydrogen) atoms. The number of rotatable bonds is 0. The smallest absolute Gasteiger partial charge is 0.0701 e. The molecule has 0 bridgehead atoms. The summed E-state index contributed by atoms with van der Waals surface area (Å²) in [5, 5.41) is 2.40. The van der Waals surface area contributed by atoms with Gasteiger partial charge in [-0.1, -0.05) is 48.5 Å². The Bertz CT molecular complexity index is 628. The Hall–Kier alpha value is -2.12. The second kappa shape index (κ2) is 7.61. The fourth-order valence-electron chi connectivity index (χ4n) is 2.03. The van der Waals surface area contributed by atoms with Gasteiger partial charge in [-0.05, 0) is 24.3 Å². The fourth-order valence-corrected chi connectivity index (χ4v) is 2.03. The van der Waals surface area contributed by atoms with E-state index in [1.807, 2.05) is 60.9 Å². The predicted octanol–water partition coefficient (Wildman–Crippen LogP) is 4.47. The summed E-state index contributed by atoms with van der Waals surface area (Å²) >= 11 is 0. The van der Waals surface area contributed by atoms with Gasteiger partial charge < -0.3 is 0 Å². The molecule has 2 heterocycles. The molecule has 4 rings (SSSR count). The summed E-state index contributed by atoms with van der Waals surface area (Å²) in [6, 6.07) is 24.2. The molecule has 0 aliphatic carbocycles. The zero-order chi connectivity index (χ0) is 13.6. The van der Waals surface area contributed by atoms with Gasteiger partial charge in [0.2, 0.25) is 0 Å². The van der Waals surface area contributed by atoms with Crippen molar-refractivity contribution in [2.24, 2.45) is 0 Å². The van der Waals surface area contributed by atoms with Crippen LogP contribution < -0.4 is 0 Å². The van der Waals surface area contributed by atoms with E-state index in [1.165, 1.54) is 10.8 Å². The van der Waals surface area contributed by atoms with Crippen LogP contribution in [0.1, 0.15) is 0 Å². The van der Waals surface area contributed by atoms with Crippen molar-refractivity contribution in [2.75, 3.05) is 0 Å². The minimum absolute atomic E-state index is 0. The molecule has 98 valence electrons. The van der Waals surface area contributed by atoms with Gasteiger partial charge in [0.25, 0.3) is 0 Å². The third-order valence-electron chi connectivity index (χ3n) is 3.02. The third kappa shape index (κ3) is 3.93. The number of benzene rings is 2. The molecule has 0 amide bonds. The van der Waals surface area contributed by atoms with E-state index in [2.05, 4.69) is 34.2 Å². The molecule has 0 aliphatic heterocycles. The van der Waals surface area contributed by atoms with Gasteiger partial charge in [0.15, 0.2) is 0 Å². The first-order valence-corrected chi connectivity index (χ1v) is 6.53. The van der Waals surface area contributed by atoms with Crippen LogP contribution >= 0.6 is 0 Å². The van der Waals surface area contributed by atoms with Gasteiger partial charge in [-0.25, -0.2) is 0 Å². The third-order valence-corrected chi connectivity index (χ3v) is 3.02. The summed E-state index contributed by atoms with van der Waals surface area (Å²) in [7, 11) is 0. The van der Waals surface area contributed by atoms with E-state index < -0.39 is 0 Å². The Morgan fingerprint density at radius 1 is 0.476 bits per heavy atom. The van der Waals surface area contributed by atoms with Crippen LogP contribution in [-0.4, -0.2) is 9.97 Å². The number of pyridine rings is 2. The van der Waals surface area contributed by atoms with Crippen LogP contribution in [0.2, 0.25) is 0 Å². The molecule has 2 aromatic carbocycles. The minimum atomic E-state index is 0. The van der Waals surface area contributed by atoms with Gasteiger partial charge in [-0.15, -0.1) is 0 Å². The Morgan fingerprint density at radius 3 is 1.29 bits per heavy atom. The van der Waals surface area contributed by atoms with E-state index in [0.717, 1.165) is 11.0 Å². The van der Waals surface area contributed by atoms with Crippen LogP contribution in [0.25, 0.3) is 21.8 Å². The van der Waals surface area contributed by atoms with Crippen molar-refractivity contribution >= 4 is 21.8 Å². The standard InChI is InChI=1S/2C9H7N.Zn/c2*1-2-6-9-8(4-1)5-3-7-10-9;/h2*1-7H;. The normalized spacial score (nSPS) is 9.52. The second-order valence-corrected chi connectivity index (χ2v) is 4.39. The van der Waals surface area contributed by atoms with Crippen LogP contribution in [0, 0.1) is 0 Å². The van der Waals surface area contributed by atoms with E-state index in [-0.39, 0.29) is 19.5 Å². The Labute approximate surface area is 136 Å². The summed E-state index contributed by atoms with van der Waals surface area (Å²) in [5.41, 5.74) is 2.12. The SMILES string of the molecule is [Zn].c1ccc2ncccc2c1.c1ccc2ncccc2c1. The molecule has 0 unspecified atom stereocenters. The molecule has 0 aliphatic rings. The number of fused-ring (bicyclic) bond motifs is 2. The van der Waals surface area contributed by atoms with Crippen molar-refractivity contribution in [1.29, 1.82) is 0 Å². The predicted molar refractivity (Wildman–Crippen MR) is 83.5 cm³/mol. The molecule has 2 aromatic heterocycles. The maximum absolute atomic E-state index is 4.18. The number of aromatic nitrogens is 2. The Balaban J connectivity index is 0.000000147. The van der Waals surface area contributed by atoms with Crippen molar-refractivity contribution in [3.05, 3.63) is 85.2 Å². The molecular weight excluding hydrogens is 310 g/mol. The van der Waals surface area contributed by atoms with E-state index in [1.54, 1.807) is 0 Å². The van der Waals surface area contributed by atoms with Gasteiger partial charge in [0.1, 0.15) is 0 Å². The van der Waals surface area contributed by atoms with Gasteiger partial charge in [-0.2, -0.15) is 0 Å². The first-order chi connectivity index (χ1) is 9.93. The van der Waals surface area contributed by atoms with Crippen LogP contribution in [0.15, 0.2) is 85.2 Å². The zero-order valence-corrected chi connectivity index (χ0v) is 14.7. The molecule has 2 nitrogen and oxygen atoms in total. The zero-order valence-electron chi connectivity index (χ0n) is 11.7. The molecule has 0 radical (unpaired) electrons. The van der Waals surface area contributed by atoms with Crippen molar-refractivity contribution < 1.29 is 19.5 Å². The monoisotopic (exact) mass is 322 g/mol. The topological polar surface area (TPSA) is 25.8 Å². The molecule has 0 saturated carbocycles. The van der Waals surface area contributed by atoms with E-state index in [9.17, 15) is 0 Å². The van der Waals surface area contributed by atoms with Gasteiger partial charge in [-0.3, -0.25) is 9.97 Å². The van der Waals surface area contributed by atoms with Crippen LogP contribution in [-0.2, 0) is 19.5 Å². The maximum Gasteiger partial charge on any atom is 0.0701 e. The first kappa shape index (κ1) is 15.3. The quantitative estimate of drug-likeness (QED) is 0.446. The fraction of sp³-hybridized carbons (Fsp3) is 0. The molecule has 0 fully saturated rings. The van der Waals surface area contributed by atoms with Crippen LogP contribution in [0.5, 0.6) is 0 Å². The summed E-state index contributed by atoms with van der Waals surface area (Å²) in [4.78, 5) is 8.36. The van der Waals surface area contributed by atoms with Crippen molar-refractivity contribution in [3.63, 3.8) is 0 Å². The first-order valence-electron chi connectivity index (χ1n) is 6.53. The van der Waals surface area contributed by atoms with Crippen molar-refractivity contribution in [2.45, 2.75) is 0 Å². The molecule has 4 aromatic rings. The number of hydrogen-bond donors (Lipinski definition) is 0. The van der Waals surface area contributed by atoms with Crippen LogP contribution in [0.4, 0.5) is 0 Å². The maximum atomic E-state index is 4.18. The molecule has 3 heteroatoms. The molecule has 0 atom stereocenters. The molecule has 0 saturated heterocycles. The molecular formula is C18H14N2Zn. The average molecular weight is 324 g/mol. The van der Waals surface area contributed by atoms with Crippen LogP contribution in [0.3, 0.4) is 0 Å². The second-order valence-electron chi connectivity index (χ2n) is 4.39.